The summed E-state index contributed by atoms with van der Waals surface area (Å²) in [6.07, 6.45) is 6.77. The van der Waals surface area contributed by atoms with Gasteiger partial charge in [0.1, 0.15) is 0 Å². The second-order valence-corrected chi connectivity index (χ2v) is 4.76. The molecule has 2 rings (SSSR count). The van der Waals surface area contributed by atoms with E-state index in [0.29, 0.717) is 12.3 Å². The van der Waals surface area contributed by atoms with Crippen LogP contribution in [0.15, 0.2) is 29.3 Å². The molecule has 0 spiro atoms. The van der Waals surface area contributed by atoms with Gasteiger partial charge in [-0.3, -0.25) is 9.48 Å². The third kappa shape index (κ3) is 3.69. The Kier molecular flexibility index (Phi) is 4.92. The minimum atomic E-state index is -0.0677. The summed E-state index contributed by atoms with van der Waals surface area (Å²) in [6, 6.07) is 3.52. The summed E-state index contributed by atoms with van der Waals surface area (Å²) in [4.78, 5) is 11.9. The maximum absolute atomic E-state index is 11.9. The van der Waals surface area contributed by atoms with E-state index in [1.165, 1.54) is 7.11 Å². The highest BCUT2D eigenvalue weighted by Gasteiger charge is 2.02. The first kappa shape index (κ1) is 14.3. The molecule has 0 aliphatic carbocycles. The third-order valence-corrected chi connectivity index (χ3v) is 3.14. The van der Waals surface area contributed by atoms with Crippen LogP contribution in [0.25, 0.3) is 0 Å². The Hall–Kier alpha value is -2.11. The summed E-state index contributed by atoms with van der Waals surface area (Å²) < 4.78 is 8.57. The van der Waals surface area contributed by atoms with E-state index >= 15 is 0 Å². The van der Waals surface area contributed by atoms with E-state index in [1.54, 1.807) is 16.8 Å². The molecule has 0 unspecified atom stereocenters. The first-order chi connectivity index (χ1) is 9.70. The maximum atomic E-state index is 11.9. The van der Waals surface area contributed by atoms with Crippen molar-refractivity contribution < 1.29 is 4.74 Å². The zero-order valence-electron chi connectivity index (χ0n) is 12.0. The Balaban J connectivity index is 1.75. The molecule has 0 saturated carbocycles. The lowest BCUT2D eigenvalue weighted by molar-refractivity contribution is 0.400. The number of rotatable bonds is 7. The Bertz CT molecular complexity index is 603. The second-order valence-electron chi connectivity index (χ2n) is 4.76. The molecule has 0 bridgehead atoms. The summed E-state index contributed by atoms with van der Waals surface area (Å²) in [5.41, 5.74) is 0.870. The molecule has 6 nitrogen and oxygen atoms in total. The molecule has 2 aromatic rings. The first-order valence-electron chi connectivity index (χ1n) is 6.81. The van der Waals surface area contributed by atoms with Crippen molar-refractivity contribution in [2.75, 3.05) is 7.11 Å². The topological polar surface area (TPSA) is 61.9 Å². The minimum Gasteiger partial charge on any atom is -0.491 e. The van der Waals surface area contributed by atoms with Gasteiger partial charge >= 0.3 is 0 Å². The third-order valence-electron chi connectivity index (χ3n) is 3.14. The summed E-state index contributed by atoms with van der Waals surface area (Å²) in [7, 11) is 1.52. The van der Waals surface area contributed by atoms with Crippen LogP contribution in [-0.4, -0.2) is 26.7 Å². The van der Waals surface area contributed by atoms with Crippen LogP contribution in [0, 0.1) is 6.92 Å². The SMILES string of the molecule is COc1cccn(CCCCCn2cc(C)nn2)c1=O. The molecular weight excluding hydrogens is 256 g/mol. The number of methoxy groups -OCH3 is 1. The number of aryl methyl sites for hydroxylation is 3. The minimum absolute atomic E-state index is 0.0677. The normalized spacial score (nSPS) is 10.7. The molecule has 0 fully saturated rings. The molecule has 0 aliphatic heterocycles. The molecule has 0 N–H and O–H groups in total. The Labute approximate surface area is 118 Å². The quantitative estimate of drug-likeness (QED) is 0.721. The highest BCUT2D eigenvalue weighted by Crippen LogP contribution is 2.04. The predicted molar refractivity (Wildman–Crippen MR) is 75.9 cm³/mol. The maximum Gasteiger partial charge on any atom is 0.292 e. The molecule has 0 atom stereocenters. The van der Waals surface area contributed by atoms with Crippen molar-refractivity contribution in [1.82, 2.24) is 19.6 Å². The van der Waals surface area contributed by atoms with Crippen LogP contribution in [0.5, 0.6) is 5.75 Å². The molecule has 0 radical (unpaired) electrons. The fraction of sp³-hybridized carbons (Fsp3) is 0.500. The van der Waals surface area contributed by atoms with E-state index in [1.807, 2.05) is 23.9 Å². The lowest BCUT2D eigenvalue weighted by Gasteiger charge is -2.07. The van der Waals surface area contributed by atoms with Crippen LogP contribution in [-0.2, 0) is 13.1 Å². The summed E-state index contributed by atoms with van der Waals surface area (Å²) in [6.45, 7) is 3.51. The summed E-state index contributed by atoms with van der Waals surface area (Å²) in [5, 5.41) is 7.95. The van der Waals surface area contributed by atoms with E-state index in [4.69, 9.17) is 4.74 Å². The Morgan fingerprint density at radius 1 is 1.25 bits per heavy atom. The number of unbranched alkanes of at least 4 members (excludes halogenated alkanes) is 2. The van der Waals surface area contributed by atoms with E-state index in [-0.39, 0.29) is 5.56 Å². The number of hydrogen-bond acceptors (Lipinski definition) is 4. The first-order valence-corrected chi connectivity index (χ1v) is 6.81. The molecule has 2 aromatic heterocycles. The zero-order valence-corrected chi connectivity index (χ0v) is 12.0. The van der Waals surface area contributed by atoms with Crippen molar-refractivity contribution in [2.45, 2.75) is 39.3 Å². The molecule has 0 amide bonds. The molecule has 108 valence electrons. The summed E-state index contributed by atoms with van der Waals surface area (Å²) in [5.74, 6) is 0.394. The van der Waals surface area contributed by atoms with Crippen LogP contribution < -0.4 is 10.3 Å². The predicted octanol–water partition coefficient (Wildman–Crippen LogP) is 1.63. The van der Waals surface area contributed by atoms with Crippen LogP contribution in [0.3, 0.4) is 0 Å². The van der Waals surface area contributed by atoms with Crippen LogP contribution in [0.2, 0.25) is 0 Å². The number of aromatic nitrogens is 4. The van der Waals surface area contributed by atoms with Crippen LogP contribution >= 0.6 is 0 Å². The lowest BCUT2D eigenvalue weighted by atomic mass is 10.2. The van der Waals surface area contributed by atoms with Gasteiger partial charge in [0.2, 0.25) is 0 Å². The molecular formula is C14H20N4O2. The van der Waals surface area contributed by atoms with Crippen molar-refractivity contribution >= 4 is 0 Å². The summed E-state index contributed by atoms with van der Waals surface area (Å²) >= 11 is 0. The number of hydrogen-bond donors (Lipinski definition) is 0. The molecule has 0 saturated heterocycles. The standard InChI is InChI=1S/C14H20N4O2/c1-12-11-18(16-15-12)10-5-3-4-8-17-9-6-7-13(20-2)14(17)19/h6-7,9,11H,3-5,8,10H2,1-2H3. The van der Waals surface area contributed by atoms with Gasteiger partial charge < -0.3 is 9.30 Å². The van der Waals surface area contributed by atoms with Gasteiger partial charge in [-0.25, -0.2) is 0 Å². The Morgan fingerprint density at radius 3 is 2.75 bits per heavy atom. The number of pyridine rings is 1. The van der Waals surface area contributed by atoms with E-state index in [0.717, 1.165) is 31.5 Å². The highest BCUT2D eigenvalue weighted by atomic mass is 16.5. The van der Waals surface area contributed by atoms with E-state index in [2.05, 4.69) is 10.3 Å². The van der Waals surface area contributed by atoms with Gasteiger partial charge in [0, 0.05) is 25.5 Å². The highest BCUT2D eigenvalue weighted by molar-refractivity contribution is 5.16. The molecule has 0 aliphatic rings. The van der Waals surface area contributed by atoms with Crippen molar-refractivity contribution in [3.63, 3.8) is 0 Å². The van der Waals surface area contributed by atoms with E-state index < -0.39 is 0 Å². The molecule has 2 heterocycles. The number of nitrogens with zero attached hydrogens (tertiary/aromatic N) is 4. The monoisotopic (exact) mass is 276 g/mol. The van der Waals surface area contributed by atoms with Gasteiger partial charge in [0.05, 0.1) is 12.8 Å². The van der Waals surface area contributed by atoms with Crippen LogP contribution in [0.1, 0.15) is 25.0 Å². The van der Waals surface area contributed by atoms with Crippen molar-refractivity contribution in [1.29, 1.82) is 0 Å². The zero-order chi connectivity index (χ0) is 14.4. The smallest absolute Gasteiger partial charge is 0.292 e. The van der Waals surface area contributed by atoms with Gasteiger partial charge in [-0.1, -0.05) is 5.21 Å². The average molecular weight is 276 g/mol. The van der Waals surface area contributed by atoms with Gasteiger partial charge in [-0.15, -0.1) is 5.10 Å². The fourth-order valence-electron chi connectivity index (χ4n) is 2.08. The second kappa shape index (κ2) is 6.88. The average Bonchev–Trinajstić information content (AvgIpc) is 2.86. The largest absolute Gasteiger partial charge is 0.491 e. The molecule has 6 heteroatoms. The number of ether oxygens (including phenoxy) is 1. The van der Waals surface area contributed by atoms with Gasteiger partial charge in [0.15, 0.2) is 5.75 Å². The van der Waals surface area contributed by atoms with Gasteiger partial charge in [-0.2, -0.15) is 0 Å². The van der Waals surface area contributed by atoms with Crippen molar-refractivity contribution in [3.05, 3.63) is 40.6 Å². The lowest BCUT2D eigenvalue weighted by Crippen LogP contribution is -2.20. The molecule has 20 heavy (non-hydrogen) atoms. The van der Waals surface area contributed by atoms with Gasteiger partial charge in [-0.05, 0) is 38.3 Å². The molecule has 0 aromatic carbocycles. The van der Waals surface area contributed by atoms with Gasteiger partial charge in [0.25, 0.3) is 5.56 Å². The van der Waals surface area contributed by atoms with Crippen LogP contribution in [0.4, 0.5) is 0 Å². The van der Waals surface area contributed by atoms with E-state index in [9.17, 15) is 4.79 Å². The van der Waals surface area contributed by atoms with Crippen molar-refractivity contribution in [3.8, 4) is 5.75 Å². The fourth-order valence-corrected chi connectivity index (χ4v) is 2.08. The van der Waals surface area contributed by atoms with Crippen molar-refractivity contribution in [2.24, 2.45) is 0 Å². The Morgan fingerprint density at radius 2 is 2.05 bits per heavy atom.